The van der Waals surface area contributed by atoms with Gasteiger partial charge in [-0.1, -0.05) is 32.4 Å². The summed E-state index contributed by atoms with van der Waals surface area (Å²) in [6.07, 6.45) is 0. The van der Waals surface area contributed by atoms with E-state index in [1.165, 1.54) is 5.54 Å². The molecule has 1 saturated heterocycles. The fourth-order valence-corrected chi connectivity index (χ4v) is 2.14. The molecule has 0 spiro atoms. The number of carbonyl (C=O) groups is 2. The topological polar surface area (TPSA) is 49.4 Å². The van der Waals surface area contributed by atoms with Gasteiger partial charge in [-0.2, -0.15) is 0 Å². The quantitative estimate of drug-likeness (QED) is 0.847. The Bertz CT molecular complexity index is 422. The van der Waals surface area contributed by atoms with Crippen LogP contribution in [0, 0.1) is 5.41 Å². The van der Waals surface area contributed by atoms with Gasteiger partial charge < -0.3 is 10.2 Å². The molecule has 108 valence electrons. The normalized spacial score (nSPS) is 24.5. The van der Waals surface area contributed by atoms with Crippen LogP contribution in [0.4, 0.5) is 0 Å². The van der Waals surface area contributed by atoms with Crippen molar-refractivity contribution in [1.82, 2.24) is 10.2 Å². The molecule has 5 heteroatoms. The molecule has 1 aliphatic rings. The van der Waals surface area contributed by atoms with E-state index in [0.29, 0.717) is 6.54 Å². The summed E-state index contributed by atoms with van der Waals surface area (Å²) in [6.45, 7) is 11.5. The average molecular weight is 287 g/mol. The van der Waals surface area contributed by atoms with Crippen LogP contribution < -0.4 is 5.32 Å². The minimum atomic E-state index is -0.861. The lowest BCUT2D eigenvalue weighted by atomic mass is 9.81. The van der Waals surface area contributed by atoms with Crippen LogP contribution in [0.2, 0.25) is 0 Å². The molecule has 0 aliphatic carbocycles. The fraction of sp³-hybridized carbons (Fsp3) is 0.714. The Balaban J connectivity index is 3.14. The van der Waals surface area contributed by atoms with Crippen molar-refractivity contribution < 1.29 is 9.59 Å². The van der Waals surface area contributed by atoms with Gasteiger partial charge in [-0.25, -0.2) is 0 Å². The minimum absolute atomic E-state index is 0.0602. The van der Waals surface area contributed by atoms with Crippen LogP contribution in [0.25, 0.3) is 0 Å². The first-order valence-electron chi connectivity index (χ1n) is 6.40. The van der Waals surface area contributed by atoms with E-state index in [1.807, 2.05) is 27.7 Å². The summed E-state index contributed by atoms with van der Waals surface area (Å²) in [5, 5.41) is 2.84. The largest absolute Gasteiger partial charge is 0.342 e. The monoisotopic (exact) mass is 286 g/mol. The maximum atomic E-state index is 12.6. The van der Waals surface area contributed by atoms with Crippen molar-refractivity contribution in [1.29, 1.82) is 0 Å². The number of nitrogens with zero attached hydrogens (tertiary/aromatic N) is 1. The summed E-state index contributed by atoms with van der Waals surface area (Å²) in [5.74, 6) is -0.190. The van der Waals surface area contributed by atoms with Gasteiger partial charge in [0.15, 0.2) is 0 Å². The van der Waals surface area contributed by atoms with Crippen molar-refractivity contribution in [2.75, 3.05) is 6.54 Å². The van der Waals surface area contributed by atoms with Gasteiger partial charge in [0, 0.05) is 12.1 Å². The molecule has 4 nitrogen and oxygen atoms in total. The molecule has 0 aromatic rings. The third-order valence-corrected chi connectivity index (χ3v) is 3.85. The molecule has 1 fully saturated rings. The third kappa shape index (κ3) is 3.11. The second-order valence-corrected chi connectivity index (χ2v) is 6.93. The predicted molar refractivity (Wildman–Crippen MR) is 76.8 cm³/mol. The molecule has 1 heterocycles. The first kappa shape index (κ1) is 16.0. The lowest BCUT2D eigenvalue weighted by Crippen LogP contribution is -2.70. The predicted octanol–water partition coefficient (Wildman–Crippen LogP) is 2.28. The highest BCUT2D eigenvalue weighted by molar-refractivity contribution is 6.25. The van der Waals surface area contributed by atoms with Crippen LogP contribution in [0.5, 0.6) is 0 Å². The zero-order valence-corrected chi connectivity index (χ0v) is 13.3. The van der Waals surface area contributed by atoms with Crippen molar-refractivity contribution in [3.05, 3.63) is 11.1 Å². The highest BCUT2D eigenvalue weighted by Gasteiger charge is 2.49. The van der Waals surface area contributed by atoms with Gasteiger partial charge in [0.1, 0.15) is 11.6 Å². The first-order valence-corrected chi connectivity index (χ1v) is 6.83. The number of piperazine rings is 1. The van der Waals surface area contributed by atoms with Gasteiger partial charge >= 0.3 is 0 Å². The smallest absolute Gasteiger partial charge is 0.246 e. The summed E-state index contributed by atoms with van der Waals surface area (Å²) in [4.78, 5) is 26.5. The van der Waals surface area contributed by atoms with Crippen LogP contribution in [0.15, 0.2) is 11.1 Å². The van der Waals surface area contributed by atoms with Crippen molar-refractivity contribution in [2.24, 2.45) is 5.41 Å². The molecular formula is C14H23ClN2O2. The number of nitrogens with one attached hydrogen (secondary N) is 1. The van der Waals surface area contributed by atoms with Crippen LogP contribution in [-0.2, 0) is 9.59 Å². The van der Waals surface area contributed by atoms with Crippen LogP contribution in [-0.4, -0.2) is 34.8 Å². The number of hydrogen-bond donors (Lipinski definition) is 1. The van der Waals surface area contributed by atoms with E-state index in [0.717, 1.165) is 5.57 Å². The standard InChI is InChI=1S/C14H23ClN2O2/c1-9(7-15)8-17-11(18)10(13(2,3)4)16-12(19)14(17,5)6/h7,10H,8H2,1-6H3,(H,16,19). The SMILES string of the molecule is CC(=CCl)CN1C(=O)C(C(C)(C)C)NC(=O)C1(C)C. The zero-order chi connectivity index (χ0) is 15.0. The second-order valence-electron chi connectivity index (χ2n) is 6.71. The molecule has 1 N–H and O–H groups in total. The Labute approximate surface area is 120 Å². The molecule has 0 saturated carbocycles. The molecule has 1 rings (SSSR count). The van der Waals surface area contributed by atoms with E-state index < -0.39 is 11.6 Å². The molecule has 1 atom stereocenters. The molecule has 0 radical (unpaired) electrons. The lowest BCUT2D eigenvalue weighted by Gasteiger charge is -2.47. The minimum Gasteiger partial charge on any atom is -0.342 e. The van der Waals surface area contributed by atoms with E-state index in [9.17, 15) is 9.59 Å². The summed E-state index contributed by atoms with van der Waals surface area (Å²) in [7, 11) is 0. The molecule has 2 amide bonds. The van der Waals surface area contributed by atoms with Gasteiger partial charge in [0.05, 0.1) is 0 Å². The lowest BCUT2D eigenvalue weighted by molar-refractivity contribution is -0.157. The van der Waals surface area contributed by atoms with Gasteiger partial charge in [-0.15, -0.1) is 0 Å². The highest BCUT2D eigenvalue weighted by Crippen LogP contribution is 2.29. The Hall–Kier alpha value is -1.03. The molecule has 0 aromatic carbocycles. The van der Waals surface area contributed by atoms with Crippen molar-refractivity contribution in [3.8, 4) is 0 Å². The molecule has 1 aliphatic heterocycles. The van der Waals surface area contributed by atoms with Gasteiger partial charge in [0.25, 0.3) is 0 Å². The average Bonchev–Trinajstić information content (AvgIpc) is 2.27. The number of hydrogen-bond acceptors (Lipinski definition) is 2. The van der Waals surface area contributed by atoms with E-state index >= 15 is 0 Å². The summed E-state index contributed by atoms with van der Waals surface area (Å²) < 4.78 is 0. The van der Waals surface area contributed by atoms with E-state index in [2.05, 4.69) is 5.32 Å². The van der Waals surface area contributed by atoms with E-state index in [-0.39, 0.29) is 17.2 Å². The van der Waals surface area contributed by atoms with Crippen LogP contribution in [0.3, 0.4) is 0 Å². The number of halogens is 1. The Morgan fingerprint density at radius 2 is 1.95 bits per heavy atom. The van der Waals surface area contributed by atoms with Crippen molar-refractivity contribution in [2.45, 2.75) is 53.1 Å². The molecule has 19 heavy (non-hydrogen) atoms. The van der Waals surface area contributed by atoms with Crippen LogP contribution in [0.1, 0.15) is 41.5 Å². The van der Waals surface area contributed by atoms with Crippen molar-refractivity contribution >= 4 is 23.4 Å². The maximum Gasteiger partial charge on any atom is 0.246 e. The van der Waals surface area contributed by atoms with E-state index in [1.54, 1.807) is 18.7 Å². The van der Waals surface area contributed by atoms with Gasteiger partial charge in [-0.05, 0) is 31.8 Å². The van der Waals surface area contributed by atoms with E-state index in [4.69, 9.17) is 11.6 Å². The number of amides is 2. The number of rotatable bonds is 2. The second kappa shape index (κ2) is 5.16. The summed E-state index contributed by atoms with van der Waals surface area (Å²) >= 11 is 5.67. The third-order valence-electron chi connectivity index (χ3n) is 3.48. The Kier molecular flexibility index (Phi) is 4.35. The molecule has 0 aromatic heterocycles. The zero-order valence-electron chi connectivity index (χ0n) is 12.5. The first-order chi connectivity index (χ1) is 8.51. The highest BCUT2D eigenvalue weighted by atomic mass is 35.5. The molecular weight excluding hydrogens is 264 g/mol. The fourth-order valence-electron chi connectivity index (χ4n) is 2.07. The maximum absolute atomic E-state index is 12.6. The number of carbonyl (C=O) groups excluding carboxylic acids is 2. The molecule has 0 bridgehead atoms. The Morgan fingerprint density at radius 1 is 1.42 bits per heavy atom. The molecule has 1 unspecified atom stereocenters. The summed E-state index contributed by atoms with van der Waals surface area (Å²) in [5.41, 5.74) is 1.12. The summed E-state index contributed by atoms with van der Waals surface area (Å²) in [6, 6.07) is -0.504. The Morgan fingerprint density at radius 3 is 2.37 bits per heavy atom. The van der Waals surface area contributed by atoms with Crippen molar-refractivity contribution in [3.63, 3.8) is 0 Å². The van der Waals surface area contributed by atoms with Gasteiger partial charge in [0.2, 0.25) is 11.8 Å². The van der Waals surface area contributed by atoms with Crippen LogP contribution >= 0.6 is 11.6 Å². The van der Waals surface area contributed by atoms with Gasteiger partial charge in [-0.3, -0.25) is 9.59 Å².